The van der Waals surface area contributed by atoms with Gasteiger partial charge in [0.1, 0.15) is 0 Å². The van der Waals surface area contributed by atoms with Gasteiger partial charge in [-0.15, -0.1) is 13.2 Å². The lowest BCUT2D eigenvalue weighted by Gasteiger charge is -2.11. The Labute approximate surface area is 105 Å². The second-order valence-electron chi connectivity index (χ2n) is 2.66. The molecular weight excluding hydrogens is 250 g/mol. The second kappa shape index (κ2) is 8.60. The molecule has 0 aromatic heterocycles. The lowest BCUT2D eigenvalue weighted by atomic mass is 10.2. The summed E-state index contributed by atoms with van der Waals surface area (Å²) >= 11 is 0. The van der Waals surface area contributed by atoms with E-state index in [1.807, 2.05) is 27.7 Å². The Morgan fingerprint density at radius 2 is 1.50 bits per heavy atom. The molecule has 0 aliphatic rings. The van der Waals surface area contributed by atoms with Crippen LogP contribution in [0.2, 0.25) is 0 Å². The Balaban J connectivity index is 0. The van der Waals surface area contributed by atoms with E-state index in [1.54, 1.807) is 0 Å². The van der Waals surface area contributed by atoms with Crippen LogP contribution in [-0.2, 0) is 0 Å². The van der Waals surface area contributed by atoms with Crippen LogP contribution in [0.4, 0.5) is 23.2 Å². The molecular formula is C12H19F4NO. The zero-order valence-corrected chi connectivity index (χ0v) is 11.2. The topological polar surface area (TPSA) is 35.2 Å². The minimum atomic E-state index is -4.91. The first-order valence-corrected chi connectivity index (χ1v) is 5.61. The molecule has 2 nitrogen and oxygen atoms in total. The van der Waals surface area contributed by atoms with Crippen LogP contribution >= 0.6 is 0 Å². The van der Waals surface area contributed by atoms with Crippen LogP contribution in [0, 0.1) is 12.7 Å². The van der Waals surface area contributed by atoms with Gasteiger partial charge in [-0.05, 0) is 18.6 Å². The zero-order chi connectivity index (χ0) is 14.9. The van der Waals surface area contributed by atoms with Gasteiger partial charge in [0.2, 0.25) is 0 Å². The van der Waals surface area contributed by atoms with Gasteiger partial charge in [-0.1, -0.05) is 33.8 Å². The summed E-state index contributed by atoms with van der Waals surface area (Å²) in [5.74, 6) is -2.11. The third-order valence-electron chi connectivity index (χ3n) is 1.59. The fourth-order valence-corrected chi connectivity index (χ4v) is 0.873. The first kappa shape index (κ1) is 18.9. The van der Waals surface area contributed by atoms with Crippen LogP contribution in [0.25, 0.3) is 0 Å². The average Bonchev–Trinajstić information content (AvgIpc) is 2.34. The van der Waals surface area contributed by atoms with Gasteiger partial charge in [-0.3, -0.25) is 0 Å². The van der Waals surface area contributed by atoms with Crippen molar-refractivity contribution in [2.24, 2.45) is 0 Å². The first-order valence-electron chi connectivity index (χ1n) is 5.61. The maximum absolute atomic E-state index is 13.0. The van der Waals surface area contributed by atoms with Crippen molar-refractivity contribution in [2.75, 3.05) is 5.73 Å². The van der Waals surface area contributed by atoms with Crippen LogP contribution in [0.3, 0.4) is 0 Å². The van der Waals surface area contributed by atoms with Gasteiger partial charge in [0, 0.05) is 0 Å². The van der Waals surface area contributed by atoms with Crippen LogP contribution in [0.1, 0.15) is 33.3 Å². The molecule has 2 N–H and O–H groups in total. The van der Waals surface area contributed by atoms with Crippen molar-refractivity contribution in [3.63, 3.8) is 0 Å². The SMILES string of the molecule is CC.CC.Cc1ccc(OC(F)(F)F)c(F)c1N. The normalized spacial score (nSPS) is 9.61. The number of nitrogen functional groups attached to an aromatic ring is 1. The summed E-state index contributed by atoms with van der Waals surface area (Å²) in [5.41, 5.74) is 5.20. The predicted molar refractivity (Wildman–Crippen MR) is 64.9 cm³/mol. The van der Waals surface area contributed by atoms with Crippen LogP contribution in [0.5, 0.6) is 5.75 Å². The Morgan fingerprint density at radius 3 is 1.89 bits per heavy atom. The van der Waals surface area contributed by atoms with E-state index in [9.17, 15) is 17.6 Å². The maximum atomic E-state index is 13.0. The van der Waals surface area contributed by atoms with Gasteiger partial charge in [0.15, 0.2) is 11.6 Å². The maximum Gasteiger partial charge on any atom is 0.573 e. The number of hydrogen-bond donors (Lipinski definition) is 1. The molecule has 106 valence electrons. The van der Waals surface area contributed by atoms with Gasteiger partial charge in [-0.2, -0.15) is 0 Å². The molecule has 0 spiro atoms. The molecule has 0 fully saturated rings. The molecule has 0 atom stereocenters. The quantitative estimate of drug-likeness (QED) is 0.594. The van der Waals surface area contributed by atoms with E-state index in [0.717, 1.165) is 6.07 Å². The fourth-order valence-electron chi connectivity index (χ4n) is 0.873. The second-order valence-corrected chi connectivity index (χ2v) is 2.66. The first-order chi connectivity index (χ1) is 8.31. The molecule has 0 saturated heterocycles. The number of ether oxygens (including phenoxy) is 1. The predicted octanol–water partition coefficient (Wildman–Crippen LogP) is 4.67. The number of alkyl halides is 3. The molecule has 6 heteroatoms. The number of rotatable bonds is 1. The van der Waals surface area contributed by atoms with Gasteiger partial charge in [0.05, 0.1) is 5.69 Å². The molecule has 0 heterocycles. The van der Waals surface area contributed by atoms with Crippen molar-refractivity contribution in [1.29, 1.82) is 0 Å². The largest absolute Gasteiger partial charge is 0.573 e. The Bertz CT molecular complexity index is 351. The number of aryl methyl sites for hydroxylation is 1. The van der Waals surface area contributed by atoms with E-state index in [4.69, 9.17) is 5.73 Å². The van der Waals surface area contributed by atoms with Crippen molar-refractivity contribution in [3.05, 3.63) is 23.5 Å². The highest BCUT2D eigenvalue weighted by atomic mass is 19.4. The molecule has 0 aliphatic carbocycles. The van der Waals surface area contributed by atoms with E-state index < -0.39 is 17.9 Å². The molecule has 1 rings (SSSR count). The van der Waals surface area contributed by atoms with Crippen molar-refractivity contribution in [1.82, 2.24) is 0 Å². The van der Waals surface area contributed by atoms with Gasteiger partial charge in [-0.25, -0.2) is 4.39 Å². The van der Waals surface area contributed by atoms with Crippen molar-refractivity contribution >= 4 is 5.69 Å². The molecule has 0 aliphatic heterocycles. The molecule has 0 saturated carbocycles. The average molecular weight is 269 g/mol. The van der Waals surface area contributed by atoms with E-state index in [0.29, 0.717) is 5.56 Å². The van der Waals surface area contributed by atoms with Gasteiger partial charge < -0.3 is 10.5 Å². The van der Waals surface area contributed by atoms with Crippen molar-refractivity contribution < 1.29 is 22.3 Å². The monoisotopic (exact) mass is 269 g/mol. The molecule has 1 aromatic carbocycles. The van der Waals surface area contributed by atoms with E-state index in [1.165, 1.54) is 13.0 Å². The van der Waals surface area contributed by atoms with E-state index in [-0.39, 0.29) is 5.69 Å². The number of nitrogens with two attached hydrogens (primary N) is 1. The van der Waals surface area contributed by atoms with Gasteiger partial charge in [0.25, 0.3) is 0 Å². The summed E-state index contributed by atoms with van der Waals surface area (Å²) in [6.45, 7) is 9.48. The van der Waals surface area contributed by atoms with E-state index in [2.05, 4.69) is 4.74 Å². The van der Waals surface area contributed by atoms with Gasteiger partial charge >= 0.3 is 6.36 Å². The number of halogens is 4. The summed E-state index contributed by atoms with van der Waals surface area (Å²) in [5, 5.41) is 0. The van der Waals surface area contributed by atoms with Crippen LogP contribution < -0.4 is 10.5 Å². The van der Waals surface area contributed by atoms with Crippen molar-refractivity contribution in [3.8, 4) is 5.75 Å². The number of benzene rings is 1. The lowest BCUT2D eigenvalue weighted by Crippen LogP contribution is -2.18. The number of hydrogen-bond acceptors (Lipinski definition) is 2. The van der Waals surface area contributed by atoms with Crippen LogP contribution in [0.15, 0.2) is 12.1 Å². The molecule has 0 bridgehead atoms. The summed E-state index contributed by atoms with van der Waals surface area (Å²) in [6, 6.07) is 2.13. The van der Waals surface area contributed by atoms with Crippen LogP contribution in [-0.4, -0.2) is 6.36 Å². The molecule has 0 unspecified atom stereocenters. The minimum Gasteiger partial charge on any atom is -0.403 e. The highest BCUT2D eigenvalue weighted by molar-refractivity contribution is 5.52. The zero-order valence-electron chi connectivity index (χ0n) is 11.2. The molecule has 0 radical (unpaired) electrons. The molecule has 1 aromatic rings. The highest BCUT2D eigenvalue weighted by Gasteiger charge is 2.32. The third-order valence-corrected chi connectivity index (χ3v) is 1.59. The fraction of sp³-hybridized carbons (Fsp3) is 0.500. The Kier molecular flexibility index (Phi) is 9.03. The molecule has 0 amide bonds. The molecule has 18 heavy (non-hydrogen) atoms. The standard InChI is InChI=1S/C8H7F4NO.2C2H6/c1-4-2-3-5(6(9)7(4)13)14-8(10,11)12;2*1-2/h2-3H,13H2,1H3;2*1-2H3. The Morgan fingerprint density at radius 1 is 1.06 bits per heavy atom. The number of anilines is 1. The lowest BCUT2D eigenvalue weighted by molar-refractivity contribution is -0.275. The summed E-state index contributed by atoms with van der Waals surface area (Å²) in [6.07, 6.45) is -4.91. The van der Waals surface area contributed by atoms with Crippen molar-refractivity contribution in [2.45, 2.75) is 41.0 Å². The minimum absolute atomic E-state index is 0.341. The summed E-state index contributed by atoms with van der Waals surface area (Å²) in [4.78, 5) is 0. The van der Waals surface area contributed by atoms with E-state index >= 15 is 0 Å². The summed E-state index contributed by atoms with van der Waals surface area (Å²) in [7, 11) is 0. The summed E-state index contributed by atoms with van der Waals surface area (Å²) < 4.78 is 51.6. The Hall–Kier alpha value is -1.46. The third kappa shape index (κ3) is 6.32. The highest BCUT2D eigenvalue weighted by Crippen LogP contribution is 2.29. The smallest absolute Gasteiger partial charge is 0.403 e.